The van der Waals surface area contributed by atoms with Crippen LogP contribution in [-0.2, 0) is 6.18 Å². The fourth-order valence-electron chi connectivity index (χ4n) is 3.64. The zero-order chi connectivity index (χ0) is 24.3. The van der Waals surface area contributed by atoms with E-state index in [1.807, 2.05) is 0 Å². The van der Waals surface area contributed by atoms with Crippen LogP contribution in [0.25, 0.3) is 5.69 Å². The van der Waals surface area contributed by atoms with Gasteiger partial charge in [0.1, 0.15) is 5.75 Å². The normalized spacial score (nSPS) is 13.5. The van der Waals surface area contributed by atoms with Gasteiger partial charge >= 0.3 is 6.18 Å². The van der Waals surface area contributed by atoms with Crippen LogP contribution in [0.2, 0.25) is 0 Å². The monoisotopic (exact) mass is 472 g/mol. The minimum absolute atomic E-state index is 0.00272. The van der Waals surface area contributed by atoms with Gasteiger partial charge in [0, 0.05) is 24.6 Å². The molecule has 0 unspecified atom stereocenters. The van der Waals surface area contributed by atoms with Crippen molar-refractivity contribution >= 4 is 11.8 Å². The van der Waals surface area contributed by atoms with Crippen LogP contribution in [0, 0.1) is 0 Å². The summed E-state index contributed by atoms with van der Waals surface area (Å²) < 4.78 is 40.8. The second kappa shape index (κ2) is 9.58. The predicted molar refractivity (Wildman–Crippen MR) is 118 cm³/mol. The third kappa shape index (κ3) is 5.38. The van der Waals surface area contributed by atoms with Crippen LogP contribution in [0.15, 0.2) is 54.7 Å². The van der Waals surface area contributed by atoms with Crippen molar-refractivity contribution in [2.45, 2.75) is 31.4 Å². The first-order chi connectivity index (χ1) is 16.2. The fraction of sp³-hybridized carbons (Fsp3) is 0.292. The molecule has 1 aliphatic rings. The Labute approximate surface area is 193 Å². The third-order valence-electron chi connectivity index (χ3n) is 5.47. The highest BCUT2D eigenvalue weighted by molar-refractivity contribution is 5.96. The third-order valence-corrected chi connectivity index (χ3v) is 5.47. The number of carbonyl (C=O) groups is 2. The predicted octanol–water partition coefficient (Wildman–Crippen LogP) is 4.02. The minimum atomic E-state index is -4.47. The molecule has 10 heteroatoms. The van der Waals surface area contributed by atoms with Crippen molar-refractivity contribution in [1.29, 1.82) is 0 Å². The molecule has 0 radical (unpaired) electrons. The highest BCUT2D eigenvalue weighted by Gasteiger charge is 2.34. The largest absolute Gasteiger partial charge is 0.508 e. The van der Waals surface area contributed by atoms with Gasteiger partial charge in [-0.1, -0.05) is 12.1 Å². The Morgan fingerprint density at radius 1 is 1.03 bits per heavy atom. The van der Waals surface area contributed by atoms with Crippen molar-refractivity contribution in [3.8, 4) is 11.4 Å². The lowest BCUT2D eigenvalue weighted by Crippen LogP contribution is -2.30. The van der Waals surface area contributed by atoms with Crippen molar-refractivity contribution in [2.24, 2.45) is 0 Å². The van der Waals surface area contributed by atoms with Crippen molar-refractivity contribution in [3.63, 3.8) is 0 Å². The molecule has 0 bridgehead atoms. The van der Waals surface area contributed by atoms with Gasteiger partial charge in [-0.25, -0.2) is 4.68 Å². The number of nitrogens with zero attached hydrogens (tertiary/aromatic N) is 2. The van der Waals surface area contributed by atoms with Gasteiger partial charge in [0.25, 0.3) is 11.8 Å². The van der Waals surface area contributed by atoms with Crippen molar-refractivity contribution in [3.05, 3.63) is 77.1 Å². The van der Waals surface area contributed by atoms with Gasteiger partial charge in [0.15, 0.2) is 0 Å². The molecule has 1 aromatic heterocycles. The van der Waals surface area contributed by atoms with E-state index in [-0.39, 0.29) is 35.7 Å². The van der Waals surface area contributed by atoms with E-state index in [0.717, 1.165) is 25.0 Å². The van der Waals surface area contributed by atoms with E-state index in [0.29, 0.717) is 29.8 Å². The van der Waals surface area contributed by atoms with Crippen LogP contribution in [-0.4, -0.2) is 39.8 Å². The summed E-state index contributed by atoms with van der Waals surface area (Å²) in [7, 11) is 0. The maximum atomic E-state index is 13.1. The molecule has 1 fully saturated rings. The van der Waals surface area contributed by atoms with Gasteiger partial charge in [0.2, 0.25) is 0 Å². The number of alkyl halides is 3. The molecule has 7 nitrogen and oxygen atoms in total. The number of hydrogen-bond acceptors (Lipinski definition) is 4. The van der Waals surface area contributed by atoms with Gasteiger partial charge in [-0.15, -0.1) is 0 Å². The number of phenols is 1. The van der Waals surface area contributed by atoms with Gasteiger partial charge in [-0.3, -0.25) is 9.59 Å². The summed E-state index contributed by atoms with van der Waals surface area (Å²) in [6, 6.07) is 10.9. The first-order valence-electron chi connectivity index (χ1n) is 10.8. The van der Waals surface area contributed by atoms with Crippen LogP contribution in [0.5, 0.6) is 5.75 Å². The van der Waals surface area contributed by atoms with Crippen LogP contribution < -0.4 is 10.6 Å². The van der Waals surface area contributed by atoms with E-state index in [4.69, 9.17) is 0 Å². The summed E-state index contributed by atoms with van der Waals surface area (Å²) in [6.45, 7) is 0.603. The van der Waals surface area contributed by atoms with E-state index >= 15 is 0 Å². The minimum Gasteiger partial charge on any atom is -0.508 e. The Balaban J connectivity index is 1.37. The van der Waals surface area contributed by atoms with Crippen LogP contribution in [0.1, 0.15) is 57.2 Å². The molecule has 1 aliphatic carbocycles. The summed E-state index contributed by atoms with van der Waals surface area (Å²) in [5.41, 5.74) is 0.754. The molecular weight excluding hydrogens is 449 g/mol. The first kappa shape index (κ1) is 23.3. The highest BCUT2D eigenvalue weighted by Crippen LogP contribution is 2.42. The van der Waals surface area contributed by atoms with Crippen LogP contribution in [0.4, 0.5) is 13.2 Å². The summed E-state index contributed by atoms with van der Waals surface area (Å²) in [4.78, 5) is 24.8. The number of carbonyl (C=O) groups excluding carboxylic acids is 2. The fourth-order valence-corrected chi connectivity index (χ4v) is 3.64. The van der Waals surface area contributed by atoms with E-state index < -0.39 is 11.7 Å². The van der Waals surface area contributed by atoms with Crippen molar-refractivity contribution in [2.75, 3.05) is 13.1 Å². The quantitative estimate of drug-likeness (QED) is 0.432. The number of benzene rings is 2. The van der Waals surface area contributed by atoms with Crippen LogP contribution >= 0.6 is 0 Å². The SMILES string of the molecule is O=C(NCCCNC(=O)c1cnn(-c2cccc(C(F)(F)F)c2)c1C1CC1)c1cccc(O)c1. The summed E-state index contributed by atoms with van der Waals surface area (Å²) in [6.07, 6.45) is -0.943. The first-order valence-corrected chi connectivity index (χ1v) is 10.8. The molecule has 34 heavy (non-hydrogen) atoms. The molecule has 2 amide bonds. The molecule has 2 aromatic carbocycles. The number of hydrogen-bond donors (Lipinski definition) is 3. The number of amides is 2. The number of phenolic OH excluding ortho intramolecular Hbond substituents is 1. The zero-order valence-corrected chi connectivity index (χ0v) is 18.1. The molecule has 1 saturated carbocycles. The molecule has 0 atom stereocenters. The van der Waals surface area contributed by atoms with Gasteiger partial charge in [-0.2, -0.15) is 18.3 Å². The maximum Gasteiger partial charge on any atom is 0.416 e. The standard InChI is InChI=1S/C24H23F3N4O3/c25-24(26,27)17-5-2-6-18(13-17)31-21(15-8-9-15)20(14-30-31)23(34)29-11-3-10-28-22(33)16-4-1-7-19(32)12-16/h1-2,4-7,12-15,32H,3,8-11H2,(H,28,33)(H,29,34). The smallest absolute Gasteiger partial charge is 0.416 e. The molecule has 3 N–H and O–H groups in total. The van der Waals surface area contributed by atoms with Crippen molar-refractivity contribution < 1.29 is 27.9 Å². The Morgan fingerprint density at radius 3 is 2.41 bits per heavy atom. The lowest BCUT2D eigenvalue weighted by atomic mass is 10.1. The molecule has 4 rings (SSSR count). The second-order valence-corrected chi connectivity index (χ2v) is 8.09. The van der Waals surface area contributed by atoms with Gasteiger partial charge in [0.05, 0.1) is 28.7 Å². The summed E-state index contributed by atoms with van der Waals surface area (Å²) in [5.74, 6) is -0.628. The molecular formula is C24H23F3N4O3. The number of aromatic hydroxyl groups is 1. The van der Waals surface area contributed by atoms with Crippen LogP contribution in [0.3, 0.4) is 0 Å². The van der Waals surface area contributed by atoms with E-state index in [1.54, 1.807) is 12.1 Å². The number of halogens is 3. The van der Waals surface area contributed by atoms with Gasteiger partial charge in [-0.05, 0) is 55.7 Å². The Hall–Kier alpha value is -3.82. The summed E-state index contributed by atoms with van der Waals surface area (Å²) in [5, 5.41) is 19.2. The maximum absolute atomic E-state index is 13.1. The zero-order valence-electron chi connectivity index (χ0n) is 18.1. The Bertz CT molecular complexity index is 1200. The molecule has 1 heterocycles. The van der Waals surface area contributed by atoms with E-state index in [2.05, 4.69) is 15.7 Å². The van der Waals surface area contributed by atoms with E-state index in [1.165, 1.54) is 35.1 Å². The number of rotatable bonds is 8. The molecule has 178 valence electrons. The average molecular weight is 472 g/mol. The van der Waals surface area contributed by atoms with Crippen molar-refractivity contribution in [1.82, 2.24) is 20.4 Å². The molecule has 0 aliphatic heterocycles. The highest BCUT2D eigenvalue weighted by atomic mass is 19.4. The van der Waals surface area contributed by atoms with Gasteiger partial charge < -0.3 is 15.7 Å². The lowest BCUT2D eigenvalue weighted by Gasteiger charge is -2.12. The topological polar surface area (TPSA) is 96.3 Å². The number of aromatic nitrogens is 2. The lowest BCUT2D eigenvalue weighted by molar-refractivity contribution is -0.137. The Morgan fingerprint density at radius 2 is 1.74 bits per heavy atom. The molecule has 0 saturated heterocycles. The Kier molecular flexibility index (Phi) is 6.58. The number of nitrogens with one attached hydrogen (secondary N) is 2. The summed E-state index contributed by atoms with van der Waals surface area (Å²) >= 11 is 0. The average Bonchev–Trinajstić information content (AvgIpc) is 3.55. The van der Waals surface area contributed by atoms with E-state index in [9.17, 15) is 27.9 Å². The molecule has 0 spiro atoms. The second-order valence-electron chi connectivity index (χ2n) is 8.09. The molecule has 3 aromatic rings.